The Labute approximate surface area is 182 Å². The van der Waals surface area contributed by atoms with Crippen LogP contribution in [0.4, 0.5) is 0 Å². The Balaban J connectivity index is 1.42. The first-order valence-corrected chi connectivity index (χ1v) is 10.7. The van der Waals surface area contributed by atoms with Gasteiger partial charge in [0, 0.05) is 19.2 Å². The molecule has 8 heteroatoms. The predicted molar refractivity (Wildman–Crippen MR) is 118 cm³/mol. The van der Waals surface area contributed by atoms with E-state index in [-0.39, 0.29) is 12.4 Å². The molecule has 1 aliphatic heterocycles. The topological polar surface area (TPSA) is 100 Å². The Morgan fingerprint density at radius 2 is 2.06 bits per heavy atom. The highest BCUT2D eigenvalue weighted by Crippen LogP contribution is 2.29. The standard InChI is InChI=1S/C23H28N6O2/c1-16-13-18(21-22-23(28(2)15-25-22)27-20(14-24)26-21)3-4-19(16)31-12-7-17-5-8-29(9-6-17)10-11-30/h3-4,13,15,17,30H,5-12H2,1-2H3. The van der Waals surface area contributed by atoms with Gasteiger partial charge in [0.1, 0.15) is 23.0 Å². The number of β-amino-alcohol motifs (C(OH)–C–C–N with tert-alkyl or cyclic N) is 1. The zero-order valence-corrected chi connectivity index (χ0v) is 18.1. The summed E-state index contributed by atoms with van der Waals surface area (Å²) in [6.45, 7) is 5.86. The number of imidazole rings is 1. The summed E-state index contributed by atoms with van der Waals surface area (Å²) < 4.78 is 7.87. The fraction of sp³-hybridized carbons (Fsp3) is 0.478. The van der Waals surface area contributed by atoms with E-state index in [1.165, 1.54) is 0 Å². The number of benzene rings is 1. The van der Waals surface area contributed by atoms with Crippen LogP contribution in [0.3, 0.4) is 0 Å². The molecule has 31 heavy (non-hydrogen) atoms. The maximum atomic E-state index is 9.30. The van der Waals surface area contributed by atoms with Gasteiger partial charge in [-0.3, -0.25) is 0 Å². The SMILES string of the molecule is Cc1cc(-c2nc(C#N)nc3c2ncn3C)ccc1OCCC1CCN(CCO)CC1. The number of hydrogen-bond acceptors (Lipinski definition) is 7. The lowest BCUT2D eigenvalue weighted by Crippen LogP contribution is -2.35. The van der Waals surface area contributed by atoms with E-state index in [0.29, 0.717) is 29.4 Å². The summed E-state index contributed by atoms with van der Waals surface area (Å²) in [7, 11) is 1.85. The Morgan fingerprint density at radius 3 is 2.77 bits per heavy atom. The number of ether oxygens (including phenoxy) is 1. The van der Waals surface area contributed by atoms with Gasteiger partial charge in [-0.2, -0.15) is 10.2 Å². The average Bonchev–Trinajstić information content (AvgIpc) is 3.16. The quantitative estimate of drug-likeness (QED) is 0.627. The van der Waals surface area contributed by atoms with Gasteiger partial charge in [0.05, 0.1) is 19.5 Å². The number of hydrogen-bond donors (Lipinski definition) is 1. The molecule has 8 nitrogen and oxygen atoms in total. The second-order valence-corrected chi connectivity index (χ2v) is 8.16. The van der Waals surface area contributed by atoms with Crippen LogP contribution in [0.2, 0.25) is 0 Å². The molecule has 0 bridgehead atoms. The van der Waals surface area contributed by atoms with Gasteiger partial charge in [-0.15, -0.1) is 0 Å². The molecule has 0 amide bonds. The van der Waals surface area contributed by atoms with Crippen molar-refractivity contribution >= 4 is 11.2 Å². The Hall–Kier alpha value is -3.02. The lowest BCUT2D eigenvalue weighted by Gasteiger charge is -2.31. The molecule has 2 aromatic heterocycles. The molecule has 1 saturated heterocycles. The van der Waals surface area contributed by atoms with Crippen molar-refractivity contribution in [2.24, 2.45) is 13.0 Å². The van der Waals surface area contributed by atoms with Crippen LogP contribution < -0.4 is 4.74 Å². The molecule has 0 saturated carbocycles. The number of piperidine rings is 1. The van der Waals surface area contributed by atoms with Crippen LogP contribution in [0, 0.1) is 24.2 Å². The maximum absolute atomic E-state index is 9.30. The van der Waals surface area contributed by atoms with Gasteiger partial charge in [0.15, 0.2) is 5.65 Å². The molecule has 3 heterocycles. The lowest BCUT2D eigenvalue weighted by atomic mass is 9.94. The molecule has 1 fully saturated rings. The number of nitriles is 1. The number of aromatic nitrogens is 4. The van der Waals surface area contributed by atoms with Crippen molar-refractivity contribution in [2.45, 2.75) is 26.2 Å². The van der Waals surface area contributed by atoms with Crippen molar-refractivity contribution in [1.29, 1.82) is 5.26 Å². The molecular formula is C23H28N6O2. The third-order valence-corrected chi connectivity index (χ3v) is 6.02. The van der Waals surface area contributed by atoms with E-state index in [1.807, 2.05) is 38.2 Å². The molecule has 4 rings (SSSR count). The fourth-order valence-electron chi connectivity index (χ4n) is 4.19. The zero-order valence-electron chi connectivity index (χ0n) is 18.1. The number of aliphatic hydroxyl groups is 1. The molecule has 162 valence electrons. The molecule has 1 aliphatic rings. The summed E-state index contributed by atoms with van der Waals surface area (Å²) in [5.74, 6) is 1.68. The fourth-order valence-corrected chi connectivity index (χ4v) is 4.19. The van der Waals surface area contributed by atoms with Crippen molar-refractivity contribution in [3.05, 3.63) is 35.9 Å². The molecule has 0 aliphatic carbocycles. The molecule has 0 unspecified atom stereocenters. The molecule has 0 radical (unpaired) electrons. The maximum Gasteiger partial charge on any atom is 0.234 e. The van der Waals surface area contributed by atoms with Gasteiger partial charge < -0.3 is 19.3 Å². The summed E-state index contributed by atoms with van der Waals surface area (Å²) >= 11 is 0. The minimum absolute atomic E-state index is 0.133. The van der Waals surface area contributed by atoms with Crippen LogP contribution >= 0.6 is 0 Å². The van der Waals surface area contributed by atoms with E-state index in [2.05, 4.69) is 19.9 Å². The van der Waals surface area contributed by atoms with Crippen molar-refractivity contribution in [3.8, 4) is 23.1 Å². The van der Waals surface area contributed by atoms with Crippen LogP contribution in [0.5, 0.6) is 5.75 Å². The molecule has 0 spiro atoms. The molecular weight excluding hydrogens is 392 g/mol. The van der Waals surface area contributed by atoms with E-state index >= 15 is 0 Å². The van der Waals surface area contributed by atoms with Gasteiger partial charge in [0.2, 0.25) is 5.82 Å². The Bertz CT molecular complexity index is 1100. The summed E-state index contributed by atoms with van der Waals surface area (Å²) in [6, 6.07) is 8.00. The minimum atomic E-state index is 0.133. The number of nitrogens with zero attached hydrogens (tertiary/aromatic N) is 6. The first kappa shape index (κ1) is 21.2. The van der Waals surface area contributed by atoms with Crippen molar-refractivity contribution in [1.82, 2.24) is 24.4 Å². The Kier molecular flexibility index (Phi) is 6.44. The molecule has 3 aromatic rings. The lowest BCUT2D eigenvalue weighted by molar-refractivity contribution is 0.136. The zero-order chi connectivity index (χ0) is 21.8. The second-order valence-electron chi connectivity index (χ2n) is 8.16. The predicted octanol–water partition coefficient (Wildman–Crippen LogP) is 2.68. The van der Waals surface area contributed by atoms with Crippen LogP contribution in [0.15, 0.2) is 24.5 Å². The third-order valence-electron chi connectivity index (χ3n) is 6.02. The van der Waals surface area contributed by atoms with Crippen molar-refractivity contribution in [3.63, 3.8) is 0 Å². The second kappa shape index (κ2) is 9.41. The molecule has 1 N–H and O–H groups in total. The number of fused-ring (bicyclic) bond motifs is 1. The summed E-state index contributed by atoms with van der Waals surface area (Å²) in [5.41, 5.74) is 3.90. The molecule has 1 aromatic carbocycles. The normalized spacial score (nSPS) is 15.3. The van der Waals surface area contributed by atoms with Crippen LogP contribution in [-0.2, 0) is 7.05 Å². The monoisotopic (exact) mass is 420 g/mol. The van der Waals surface area contributed by atoms with Crippen LogP contribution in [0.25, 0.3) is 22.4 Å². The van der Waals surface area contributed by atoms with E-state index in [1.54, 1.807) is 10.9 Å². The number of likely N-dealkylation sites (tertiary alicyclic amines) is 1. The third kappa shape index (κ3) is 4.68. The number of rotatable bonds is 7. The summed E-state index contributed by atoms with van der Waals surface area (Å²) in [4.78, 5) is 15.4. The number of aliphatic hydroxyl groups excluding tert-OH is 1. The van der Waals surface area contributed by atoms with Crippen molar-refractivity contribution < 1.29 is 9.84 Å². The van der Waals surface area contributed by atoms with Gasteiger partial charge in [-0.05, 0) is 69.0 Å². The van der Waals surface area contributed by atoms with E-state index in [9.17, 15) is 5.26 Å². The number of aryl methyl sites for hydroxylation is 2. The van der Waals surface area contributed by atoms with E-state index < -0.39 is 0 Å². The highest BCUT2D eigenvalue weighted by molar-refractivity contribution is 5.87. The molecule has 0 atom stereocenters. The van der Waals surface area contributed by atoms with Crippen molar-refractivity contribution in [2.75, 3.05) is 32.8 Å². The van der Waals surface area contributed by atoms with E-state index in [0.717, 1.165) is 55.8 Å². The first-order valence-electron chi connectivity index (χ1n) is 10.7. The van der Waals surface area contributed by atoms with Gasteiger partial charge in [-0.25, -0.2) is 9.97 Å². The average molecular weight is 421 g/mol. The smallest absolute Gasteiger partial charge is 0.234 e. The van der Waals surface area contributed by atoms with Gasteiger partial charge in [-0.1, -0.05) is 0 Å². The summed E-state index contributed by atoms with van der Waals surface area (Å²) in [5, 5.41) is 18.4. The Morgan fingerprint density at radius 1 is 1.26 bits per heavy atom. The highest BCUT2D eigenvalue weighted by Gasteiger charge is 2.19. The largest absolute Gasteiger partial charge is 0.493 e. The highest BCUT2D eigenvalue weighted by atomic mass is 16.5. The van der Waals surface area contributed by atoms with Crippen LogP contribution in [-0.4, -0.2) is 62.4 Å². The first-order chi connectivity index (χ1) is 15.1. The summed E-state index contributed by atoms with van der Waals surface area (Å²) in [6.07, 6.45) is 5.05. The van der Waals surface area contributed by atoms with Gasteiger partial charge in [0.25, 0.3) is 0 Å². The minimum Gasteiger partial charge on any atom is -0.493 e. The van der Waals surface area contributed by atoms with E-state index in [4.69, 9.17) is 9.84 Å². The van der Waals surface area contributed by atoms with Gasteiger partial charge >= 0.3 is 0 Å². The van der Waals surface area contributed by atoms with Crippen LogP contribution in [0.1, 0.15) is 30.7 Å².